The highest BCUT2D eigenvalue weighted by Crippen LogP contribution is 2.21. The van der Waals surface area contributed by atoms with Gasteiger partial charge in [0.05, 0.1) is 103 Å². The summed E-state index contributed by atoms with van der Waals surface area (Å²) in [6, 6.07) is 22.8. The largest absolute Gasteiger partial charge is 0.465 e. The number of esters is 3. The highest BCUT2D eigenvalue weighted by Gasteiger charge is 2.11. The molecule has 348 valence electrons. The molecule has 0 aliphatic carbocycles. The predicted octanol–water partition coefficient (Wildman–Crippen LogP) is 9.74. The first-order valence-electron chi connectivity index (χ1n) is 19.2. The SMILES string of the molecule is C.C.COC(=O)c1ccnc(Cn2cc3cc(Cl)ccc3n2)c1.COC(=O)c1ccnc(Cn2ncc3cc(Cl)ccc32)c1.COCc1cc(C(=O)OC)ccn1.Clc1cnc2[nH]ncc2c1. The number of aromatic nitrogens is 10. The van der Waals surface area contributed by atoms with Crippen LogP contribution in [-0.2, 0) is 38.6 Å². The number of hydrogen-bond acceptors (Lipinski definition) is 14. The molecule has 0 bridgehead atoms. The van der Waals surface area contributed by atoms with Crippen molar-refractivity contribution in [1.29, 1.82) is 0 Å². The third kappa shape index (κ3) is 14.6. The van der Waals surface area contributed by atoms with Crippen molar-refractivity contribution in [3.63, 3.8) is 0 Å². The van der Waals surface area contributed by atoms with Gasteiger partial charge in [-0.1, -0.05) is 49.7 Å². The maximum Gasteiger partial charge on any atom is 0.337 e. The van der Waals surface area contributed by atoms with Gasteiger partial charge in [0.1, 0.15) is 0 Å². The Balaban J connectivity index is 0.000000201. The van der Waals surface area contributed by atoms with Crippen molar-refractivity contribution in [2.24, 2.45) is 0 Å². The summed E-state index contributed by atoms with van der Waals surface area (Å²) in [5.41, 5.74) is 6.21. The minimum atomic E-state index is -0.379. The van der Waals surface area contributed by atoms with E-state index in [0.717, 1.165) is 44.2 Å². The van der Waals surface area contributed by atoms with Crippen molar-refractivity contribution in [1.82, 2.24) is 49.7 Å². The Bertz CT molecular complexity index is 3060. The number of rotatable bonds is 9. The zero-order valence-corrected chi connectivity index (χ0v) is 37.5. The molecule has 7 heterocycles. The van der Waals surface area contributed by atoms with Crippen LogP contribution in [0.4, 0.5) is 0 Å². The number of carbonyl (C=O) groups excluding carboxylic acids is 3. The van der Waals surface area contributed by atoms with Gasteiger partial charge in [0.15, 0.2) is 5.65 Å². The molecule has 0 amide bonds. The molecule has 1 N–H and O–H groups in total. The lowest BCUT2D eigenvalue weighted by Gasteiger charge is -2.05. The molecule has 0 spiro atoms. The molecule has 9 rings (SSSR count). The normalized spacial score (nSPS) is 10.2. The number of carbonyl (C=O) groups is 3. The smallest absolute Gasteiger partial charge is 0.337 e. The number of halogens is 3. The molecular weight excluding hydrogens is 923 g/mol. The molecule has 0 saturated heterocycles. The number of ether oxygens (including phenoxy) is 4. The summed E-state index contributed by atoms with van der Waals surface area (Å²) in [6.45, 7) is 1.33. The van der Waals surface area contributed by atoms with E-state index in [2.05, 4.69) is 45.1 Å². The molecule has 0 fully saturated rings. The van der Waals surface area contributed by atoms with Gasteiger partial charge in [0, 0.05) is 64.3 Å². The van der Waals surface area contributed by atoms with Gasteiger partial charge >= 0.3 is 17.9 Å². The third-order valence-electron chi connectivity index (χ3n) is 9.02. The Hall–Kier alpha value is -7.31. The highest BCUT2D eigenvalue weighted by atomic mass is 35.5. The summed E-state index contributed by atoms with van der Waals surface area (Å²) >= 11 is 17.6. The quantitative estimate of drug-likeness (QED) is 0.106. The molecule has 9 aromatic rings. The van der Waals surface area contributed by atoms with E-state index in [-0.39, 0.29) is 32.8 Å². The fourth-order valence-corrected chi connectivity index (χ4v) is 6.54. The van der Waals surface area contributed by atoms with Gasteiger partial charge in [-0.15, -0.1) is 0 Å². The third-order valence-corrected chi connectivity index (χ3v) is 9.69. The van der Waals surface area contributed by atoms with E-state index in [0.29, 0.717) is 57.1 Å². The second kappa shape index (κ2) is 25.4. The first kappa shape index (κ1) is 52.3. The monoisotopic (exact) mass is 968 g/mol. The summed E-state index contributed by atoms with van der Waals surface area (Å²) in [6.07, 6.45) is 11.7. The molecule has 2 aromatic carbocycles. The molecule has 0 unspecified atom stereocenters. The van der Waals surface area contributed by atoms with Crippen LogP contribution in [0.25, 0.3) is 32.8 Å². The first-order valence-corrected chi connectivity index (χ1v) is 20.4. The summed E-state index contributed by atoms with van der Waals surface area (Å²) in [5, 5.41) is 20.1. The van der Waals surface area contributed by atoms with Gasteiger partial charge in [0.25, 0.3) is 0 Å². The van der Waals surface area contributed by atoms with Crippen molar-refractivity contribution >= 4 is 85.5 Å². The number of pyridine rings is 4. The van der Waals surface area contributed by atoms with Crippen LogP contribution in [-0.4, -0.2) is 96.0 Å². The standard InChI is InChI=1S/2C15H12ClN3O2.C9H11NO3.C6H4ClN3.2CH4/c1-21-15(20)10-4-5-17-13(7-10)9-19-8-11-6-12(16)2-3-14(11)18-19;1-21-15(20)10-4-5-17-13(7-10)9-19-14-3-2-12(16)6-11(14)8-18-19;1-12-6-8-5-7(3-4-10-8)9(11)13-2;7-5-1-4-2-9-10-6(4)8-3-5;;/h2*2-8H,9H2,1H3;3-5H,6H2,1-2H3;1-3H,(H,8,9,10);2*1H4. The minimum Gasteiger partial charge on any atom is -0.465 e. The van der Waals surface area contributed by atoms with Crippen LogP contribution in [0.5, 0.6) is 0 Å². The Kier molecular flexibility index (Phi) is 19.8. The summed E-state index contributed by atoms with van der Waals surface area (Å²) in [4.78, 5) is 50.6. The van der Waals surface area contributed by atoms with Crippen molar-refractivity contribution in [2.75, 3.05) is 28.4 Å². The first-order chi connectivity index (χ1) is 31.5. The molecule has 7 aromatic heterocycles. The Morgan fingerprint density at radius 1 is 0.582 bits per heavy atom. The fourth-order valence-electron chi connectivity index (χ4n) is 6.01. The Morgan fingerprint density at radius 2 is 1.12 bits per heavy atom. The lowest BCUT2D eigenvalue weighted by atomic mass is 10.2. The molecular formula is C47H47Cl3N10O7. The molecule has 0 saturated carbocycles. The number of benzene rings is 2. The van der Waals surface area contributed by atoms with E-state index >= 15 is 0 Å². The number of hydrogen-bond donors (Lipinski definition) is 1. The van der Waals surface area contributed by atoms with Crippen LogP contribution in [0.15, 0.2) is 122 Å². The fraction of sp³-hybridized carbons (Fsp3) is 0.191. The van der Waals surface area contributed by atoms with Crippen LogP contribution in [0.1, 0.15) is 63.0 Å². The maximum atomic E-state index is 11.5. The van der Waals surface area contributed by atoms with E-state index < -0.39 is 0 Å². The number of nitrogens with one attached hydrogen (secondary N) is 1. The van der Waals surface area contributed by atoms with E-state index in [1.807, 2.05) is 47.3 Å². The number of H-pyrrole nitrogens is 1. The van der Waals surface area contributed by atoms with Crippen LogP contribution < -0.4 is 0 Å². The predicted molar refractivity (Wildman–Crippen MR) is 257 cm³/mol. The second-order valence-corrected chi connectivity index (χ2v) is 14.8. The number of nitrogens with zero attached hydrogens (tertiary/aromatic N) is 9. The van der Waals surface area contributed by atoms with Crippen LogP contribution in [0, 0.1) is 0 Å². The Labute approximate surface area is 401 Å². The van der Waals surface area contributed by atoms with Gasteiger partial charge in [-0.25, -0.2) is 19.4 Å². The van der Waals surface area contributed by atoms with Gasteiger partial charge in [-0.2, -0.15) is 15.3 Å². The van der Waals surface area contributed by atoms with Crippen molar-refractivity contribution in [3.8, 4) is 0 Å². The van der Waals surface area contributed by atoms with Crippen molar-refractivity contribution < 1.29 is 33.3 Å². The van der Waals surface area contributed by atoms with Gasteiger partial charge in [0.2, 0.25) is 0 Å². The molecule has 67 heavy (non-hydrogen) atoms. The number of fused-ring (bicyclic) bond motifs is 3. The highest BCUT2D eigenvalue weighted by molar-refractivity contribution is 6.31. The van der Waals surface area contributed by atoms with E-state index in [1.54, 1.807) is 91.4 Å². The van der Waals surface area contributed by atoms with Gasteiger partial charge in [-0.3, -0.25) is 29.4 Å². The van der Waals surface area contributed by atoms with Crippen molar-refractivity contribution in [2.45, 2.75) is 34.5 Å². The minimum absolute atomic E-state index is 0. The zero-order chi connectivity index (χ0) is 46.3. The summed E-state index contributed by atoms with van der Waals surface area (Å²) in [7, 11) is 5.63. The number of aromatic amines is 1. The van der Waals surface area contributed by atoms with Crippen LogP contribution in [0.2, 0.25) is 15.1 Å². The molecule has 17 nitrogen and oxygen atoms in total. The molecule has 0 radical (unpaired) electrons. The average Bonchev–Trinajstić information content (AvgIpc) is 4.07. The topological polar surface area (TPSA) is 204 Å². The van der Waals surface area contributed by atoms with Gasteiger partial charge in [-0.05, 0) is 78.9 Å². The van der Waals surface area contributed by atoms with Gasteiger partial charge < -0.3 is 18.9 Å². The van der Waals surface area contributed by atoms with E-state index in [4.69, 9.17) is 49.0 Å². The summed E-state index contributed by atoms with van der Waals surface area (Å²) in [5.74, 6) is -1.12. The lowest BCUT2D eigenvalue weighted by molar-refractivity contribution is 0.0591. The average molecular weight is 970 g/mol. The Morgan fingerprint density at radius 3 is 1.72 bits per heavy atom. The van der Waals surface area contributed by atoms with E-state index in [1.165, 1.54) is 21.3 Å². The number of methoxy groups -OCH3 is 4. The van der Waals surface area contributed by atoms with Crippen LogP contribution in [0.3, 0.4) is 0 Å². The molecule has 0 aliphatic rings. The van der Waals surface area contributed by atoms with E-state index in [9.17, 15) is 14.4 Å². The summed E-state index contributed by atoms with van der Waals surface area (Å²) < 4.78 is 22.4. The molecule has 0 aliphatic heterocycles. The molecule has 0 atom stereocenters. The zero-order valence-electron chi connectivity index (χ0n) is 35.2. The maximum absolute atomic E-state index is 11.5. The lowest BCUT2D eigenvalue weighted by Crippen LogP contribution is -2.06. The molecule has 20 heteroatoms. The second-order valence-electron chi connectivity index (χ2n) is 13.5. The van der Waals surface area contributed by atoms with Crippen molar-refractivity contribution in [3.05, 3.63) is 171 Å². The van der Waals surface area contributed by atoms with Crippen LogP contribution >= 0.6 is 34.8 Å².